The van der Waals surface area contributed by atoms with Crippen LogP contribution in [0.3, 0.4) is 0 Å². The second-order valence-corrected chi connectivity index (χ2v) is 4.27. The van der Waals surface area contributed by atoms with Crippen molar-refractivity contribution in [3.63, 3.8) is 0 Å². The van der Waals surface area contributed by atoms with Gasteiger partial charge in [0.1, 0.15) is 0 Å². The number of benzene rings is 2. The van der Waals surface area contributed by atoms with Crippen molar-refractivity contribution in [1.29, 1.82) is 0 Å². The normalized spacial score (nSPS) is 9.44. The molecule has 2 aromatic rings. The molecule has 0 unspecified atom stereocenters. The summed E-state index contributed by atoms with van der Waals surface area (Å²) in [6.45, 7) is 3.68. The van der Waals surface area contributed by atoms with Crippen LogP contribution in [0.15, 0.2) is 60.2 Å². The van der Waals surface area contributed by atoms with E-state index in [0.717, 1.165) is 16.7 Å². The van der Waals surface area contributed by atoms with Crippen molar-refractivity contribution in [2.45, 2.75) is 13.8 Å². The molecule has 0 aliphatic rings. The van der Waals surface area contributed by atoms with Gasteiger partial charge in [-0.3, -0.25) is 0 Å². The van der Waals surface area contributed by atoms with Gasteiger partial charge in [-0.25, -0.2) is 0 Å². The van der Waals surface area contributed by atoms with Crippen LogP contribution in [0.1, 0.15) is 19.4 Å². The summed E-state index contributed by atoms with van der Waals surface area (Å²) in [7, 11) is 0. The molecule has 0 fully saturated rings. The Morgan fingerprint density at radius 3 is 1.78 bits per heavy atom. The van der Waals surface area contributed by atoms with Gasteiger partial charge in [0.25, 0.3) is 0 Å². The van der Waals surface area contributed by atoms with E-state index in [-0.39, 0.29) is 24.6 Å². The summed E-state index contributed by atoms with van der Waals surface area (Å²) < 4.78 is 0. The Kier molecular flexibility index (Phi) is 5.28. The minimum absolute atomic E-state index is 0. The fourth-order valence-corrected chi connectivity index (χ4v) is 1.73. The third-order valence-electron chi connectivity index (χ3n) is 2.71. The number of rotatable bonds is 2. The quantitative estimate of drug-likeness (QED) is 0.543. The van der Waals surface area contributed by atoms with Crippen LogP contribution in [0.5, 0.6) is 0 Å². The summed E-state index contributed by atoms with van der Waals surface area (Å²) in [5, 5.41) is 11.8. The summed E-state index contributed by atoms with van der Waals surface area (Å²) in [5.74, 6) is 0.115. The van der Waals surface area contributed by atoms with Gasteiger partial charge in [-0.05, 0) is 30.5 Å². The zero-order valence-corrected chi connectivity index (χ0v) is 11.1. The van der Waals surface area contributed by atoms with E-state index < -0.39 is 0 Å². The molecule has 0 aliphatic carbocycles. The Balaban J connectivity index is 0.00000162. The molecule has 18 heavy (non-hydrogen) atoms. The van der Waals surface area contributed by atoms with Crippen LogP contribution in [0.25, 0.3) is 16.9 Å². The van der Waals surface area contributed by atoms with E-state index in [9.17, 15) is 5.11 Å². The van der Waals surface area contributed by atoms with Crippen LogP contribution in [0.2, 0.25) is 0 Å². The minimum atomic E-state index is 0. The largest absolute Gasteiger partial charge is 1.00 e. The van der Waals surface area contributed by atoms with Gasteiger partial charge in [-0.1, -0.05) is 60.2 Å². The predicted molar refractivity (Wildman–Crippen MR) is 70.1 cm³/mol. The molecule has 0 N–H and O–H groups in total. The van der Waals surface area contributed by atoms with E-state index in [0.29, 0.717) is 0 Å². The van der Waals surface area contributed by atoms with Crippen LogP contribution in [0, 0.1) is 0 Å². The molecule has 0 atom stereocenters. The molecule has 1 nitrogen and oxygen atoms in total. The van der Waals surface area contributed by atoms with Crippen LogP contribution in [0.4, 0.5) is 0 Å². The Hall–Kier alpha value is -1.42. The van der Waals surface area contributed by atoms with E-state index >= 15 is 0 Å². The Morgan fingerprint density at radius 1 is 0.778 bits per heavy atom. The summed E-state index contributed by atoms with van der Waals surface area (Å²) >= 11 is 0. The molecule has 0 heterocycles. The average Bonchev–Trinajstić information content (AvgIpc) is 2.39. The van der Waals surface area contributed by atoms with Crippen molar-refractivity contribution < 1.29 is 24.0 Å². The summed E-state index contributed by atoms with van der Waals surface area (Å²) in [6.07, 6.45) is 0. The Morgan fingerprint density at radius 2 is 1.28 bits per heavy atom. The molecule has 2 heteroatoms. The van der Waals surface area contributed by atoms with E-state index in [1.807, 2.05) is 56.3 Å². The third-order valence-corrected chi connectivity index (χ3v) is 2.71. The molecule has 0 saturated carbocycles. The molecular formula is C16H15LiO. The van der Waals surface area contributed by atoms with Crippen molar-refractivity contribution in [2.24, 2.45) is 0 Å². The standard InChI is InChI=1S/C16H16O.Li/c1-12(2)16(17)15-10-8-14(9-11-15)13-6-4-3-5-7-13;/h3-11,17H,1-2H3;/q;+1/p-1. The monoisotopic (exact) mass is 230 g/mol. The maximum absolute atomic E-state index is 11.8. The Bertz CT molecular complexity index is 523. The van der Waals surface area contributed by atoms with Gasteiger partial charge in [0.05, 0.1) is 0 Å². The average molecular weight is 230 g/mol. The van der Waals surface area contributed by atoms with Gasteiger partial charge in [0.2, 0.25) is 0 Å². The van der Waals surface area contributed by atoms with E-state index in [1.54, 1.807) is 0 Å². The van der Waals surface area contributed by atoms with Crippen molar-refractivity contribution in [3.05, 3.63) is 65.7 Å². The molecule has 0 radical (unpaired) electrons. The number of allylic oxidation sites excluding steroid dienone is 1. The first kappa shape index (κ1) is 14.6. The number of hydrogen-bond donors (Lipinski definition) is 0. The second-order valence-electron chi connectivity index (χ2n) is 4.27. The van der Waals surface area contributed by atoms with Crippen molar-refractivity contribution in [3.8, 4) is 11.1 Å². The molecule has 0 bridgehead atoms. The van der Waals surface area contributed by atoms with E-state index in [4.69, 9.17) is 0 Å². The summed E-state index contributed by atoms with van der Waals surface area (Å²) in [6, 6.07) is 17.9. The van der Waals surface area contributed by atoms with Gasteiger partial charge >= 0.3 is 18.9 Å². The zero-order chi connectivity index (χ0) is 12.3. The summed E-state index contributed by atoms with van der Waals surface area (Å²) in [4.78, 5) is 0. The van der Waals surface area contributed by atoms with Crippen LogP contribution < -0.4 is 24.0 Å². The molecule has 0 aromatic heterocycles. The van der Waals surface area contributed by atoms with Gasteiger partial charge in [0.15, 0.2) is 0 Å². The van der Waals surface area contributed by atoms with Crippen molar-refractivity contribution in [1.82, 2.24) is 0 Å². The van der Waals surface area contributed by atoms with Gasteiger partial charge in [-0.2, -0.15) is 0 Å². The predicted octanol–water partition coefficient (Wildman–Crippen LogP) is 0.469. The molecule has 2 aromatic carbocycles. The maximum atomic E-state index is 11.8. The van der Waals surface area contributed by atoms with Crippen molar-refractivity contribution >= 4 is 5.76 Å². The fourth-order valence-electron chi connectivity index (χ4n) is 1.73. The molecular weight excluding hydrogens is 215 g/mol. The topological polar surface area (TPSA) is 23.1 Å². The number of hydrogen-bond acceptors (Lipinski definition) is 1. The molecule has 2 rings (SSSR count). The molecule has 86 valence electrons. The Labute approximate surface area is 120 Å². The SMILES string of the molecule is CC(C)=C([O-])c1ccc(-c2ccccc2)cc1.[Li+]. The molecule has 0 spiro atoms. The smallest absolute Gasteiger partial charge is 0.872 e. The van der Waals surface area contributed by atoms with Crippen LogP contribution in [-0.2, 0) is 0 Å². The van der Waals surface area contributed by atoms with Crippen LogP contribution >= 0.6 is 0 Å². The van der Waals surface area contributed by atoms with E-state index in [2.05, 4.69) is 12.1 Å². The molecule has 0 aliphatic heterocycles. The van der Waals surface area contributed by atoms with Crippen molar-refractivity contribution in [2.75, 3.05) is 0 Å². The molecule has 0 saturated heterocycles. The first-order valence-corrected chi connectivity index (χ1v) is 5.69. The van der Waals surface area contributed by atoms with E-state index in [1.165, 1.54) is 5.56 Å². The first-order chi connectivity index (χ1) is 8.18. The van der Waals surface area contributed by atoms with Gasteiger partial charge < -0.3 is 5.11 Å². The van der Waals surface area contributed by atoms with Gasteiger partial charge in [0, 0.05) is 0 Å². The first-order valence-electron chi connectivity index (χ1n) is 5.69. The molecule has 0 amide bonds. The third kappa shape index (κ3) is 3.29. The zero-order valence-electron chi connectivity index (χ0n) is 11.1. The summed E-state index contributed by atoms with van der Waals surface area (Å²) in [5.41, 5.74) is 3.88. The van der Waals surface area contributed by atoms with Gasteiger partial charge in [-0.15, -0.1) is 5.76 Å². The minimum Gasteiger partial charge on any atom is -0.872 e. The maximum Gasteiger partial charge on any atom is 1.00 e. The van der Waals surface area contributed by atoms with Crippen LogP contribution in [-0.4, -0.2) is 0 Å². The fraction of sp³-hybridized carbons (Fsp3) is 0.125. The second kappa shape index (κ2) is 6.49.